The van der Waals surface area contributed by atoms with Crippen LogP contribution in [0.4, 0.5) is 0 Å². The summed E-state index contributed by atoms with van der Waals surface area (Å²) in [5, 5.41) is 10.4. The minimum absolute atomic E-state index is 0.0352. The number of benzene rings is 1. The molecule has 0 radical (unpaired) electrons. The van der Waals surface area contributed by atoms with Crippen LogP contribution in [0.1, 0.15) is 37.8 Å². The number of aliphatic hydroxyl groups excluding tert-OH is 1. The Morgan fingerprint density at radius 1 is 1.12 bits per heavy atom. The minimum Gasteiger partial charge on any atom is -0.392 e. The van der Waals surface area contributed by atoms with Gasteiger partial charge in [0.2, 0.25) is 0 Å². The Bertz CT molecular complexity index is 331. The maximum absolute atomic E-state index is 10.4. The second-order valence-corrected chi connectivity index (χ2v) is 5.35. The van der Waals surface area contributed by atoms with Crippen molar-refractivity contribution in [3.05, 3.63) is 35.4 Å². The summed E-state index contributed by atoms with van der Waals surface area (Å²) >= 11 is 0. The van der Waals surface area contributed by atoms with Crippen molar-refractivity contribution in [3.63, 3.8) is 0 Å². The van der Waals surface area contributed by atoms with Crippen LogP contribution >= 0.6 is 0 Å². The largest absolute Gasteiger partial charge is 0.392 e. The quantitative estimate of drug-likeness (QED) is 0.824. The molecule has 0 aliphatic carbocycles. The molecule has 3 unspecified atom stereocenters. The van der Waals surface area contributed by atoms with Gasteiger partial charge in [0.15, 0.2) is 0 Å². The fourth-order valence-electron chi connectivity index (χ4n) is 2.05. The van der Waals surface area contributed by atoms with E-state index in [1.165, 1.54) is 5.56 Å². The van der Waals surface area contributed by atoms with Crippen LogP contribution in [0.15, 0.2) is 24.3 Å². The number of aryl methyl sites for hydroxylation is 1. The van der Waals surface area contributed by atoms with Crippen molar-refractivity contribution in [1.82, 2.24) is 0 Å². The molecule has 2 nitrogen and oxygen atoms in total. The molecule has 0 heterocycles. The zero-order chi connectivity index (χ0) is 13.0. The van der Waals surface area contributed by atoms with Crippen LogP contribution in [0, 0.1) is 18.8 Å². The van der Waals surface area contributed by atoms with Gasteiger partial charge in [-0.1, -0.05) is 50.6 Å². The van der Waals surface area contributed by atoms with Crippen molar-refractivity contribution >= 4 is 0 Å². The first kappa shape index (κ1) is 14.2. The van der Waals surface area contributed by atoms with Gasteiger partial charge in [-0.2, -0.15) is 0 Å². The van der Waals surface area contributed by atoms with Gasteiger partial charge < -0.3 is 10.8 Å². The fourth-order valence-corrected chi connectivity index (χ4v) is 2.05. The van der Waals surface area contributed by atoms with E-state index < -0.39 is 0 Å². The number of hydrogen-bond acceptors (Lipinski definition) is 2. The maximum Gasteiger partial charge on any atom is 0.0648 e. The van der Waals surface area contributed by atoms with E-state index in [-0.39, 0.29) is 17.9 Å². The number of aliphatic hydroxyl groups is 1. The molecule has 96 valence electrons. The summed E-state index contributed by atoms with van der Waals surface area (Å²) in [6, 6.07) is 8.29. The van der Waals surface area contributed by atoms with Crippen molar-refractivity contribution in [3.8, 4) is 0 Å². The highest BCUT2D eigenvalue weighted by Crippen LogP contribution is 2.27. The molecule has 1 rings (SSSR count). The molecule has 0 aromatic heterocycles. The van der Waals surface area contributed by atoms with Crippen molar-refractivity contribution in [1.29, 1.82) is 0 Å². The minimum atomic E-state index is -0.372. The zero-order valence-electron chi connectivity index (χ0n) is 11.4. The molecule has 17 heavy (non-hydrogen) atoms. The second kappa shape index (κ2) is 6.18. The van der Waals surface area contributed by atoms with Gasteiger partial charge in [0, 0.05) is 12.5 Å². The summed E-state index contributed by atoms with van der Waals surface area (Å²) in [6.07, 6.45) is -0.372. The molecule has 0 aliphatic heterocycles. The molecule has 1 aromatic carbocycles. The van der Waals surface area contributed by atoms with Crippen LogP contribution in [-0.4, -0.2) is 17.8 Å². The molecule has 0 spiro atoms. The third-order valence-electron chi connectivity index (χ3n) is 3.76. The molecule has 0 saturated heterocycles. The summed E-state index contributed by atoms with van der Waals surface area (Å²) in [5.41, 5.74) is 8.19. The average Bonchev–Trinajstić information content (AvgIpc) is 2.31. The third-order valence-corrected chi connectivity index (χ3v) is 3.76. The van der Waals surface area contributed by atoms with Gasteiger partial charge >= 0.3 is 0 Å². The van der Waals surface area contributed by atoms with Gasteiger partial charge in [-0.3, -0.25) is 0 Å². The van der Waals surface area contributed by atoms with Gasteiger partial charge in [0.25, 0.3) is 0 Å². The van der Waals surface area contributed by atoms with E-state index in [1.807, 2.05) is 0 Å². The lowest BCUT2D eigenvalue weighted by Gasteiger charge is -2.29. The maximum atomic E-state index is 10.4. The predicted octanol–water partition coefficient (Wildman–Crippen LogP) is 2.69. The van der Waals surface area contributed by atoms with Gasteiger partial charge in [0.1, 0.15) is 0 Å². The molecular weight excluding hydrogens is 210 g/mol. The van der Waals surface area contributed by atoms with Crippen LogP contribution < -0.4 is 5.73 Å². The summed E-state index contributed by atoms with van der Waals surface area (Å²) < 4.78 is 0. The Balaban J connectivity index is 2.87. The van der Waals surface area contributed by atoms with Gasteiger partial charge in [-0.25, -0.2) is 0 Å². The zero-order valence-corrected chi connectivity index (χ0v) is 11.4. The Morgan fingerprint density at radius 2 is 1.65 bits per heavy atom. The lowest BCUT2D eigenvalue weighted by Crippen LogP contribution is -2.33. The molecule has 1 aromatic rings. The molecule has 0 bridgehead atoms. The van der Waals surface area contributed by atoms with E-state index in [9.17, 15) is 5.11 Å². The Hall–Kier alpha value is -0.860. The summed E-state index contributed by atoms with van der Waals surface area (Å²) in [6.45, 7) is 8.91. The lowest BCUT2D eigenvalue weighted by atomic mass is 9.81. The van der Waals surface area contributed by atoms with E-state index in [0.29, 0.717) is 12.5 Å². The first-order valence-corrected chi connectivity index (χ1v) is 6.42. The molecule has 3 atom stereocenters. The summed E-state index contributed by atoms with van der Waals surface area (Å²) in [4.78, 5) is 0. The highest BCUT2D eigenvalue weighted by atomic mass is 16.3. The topological polar surface area (TPSA) is 46.2 Å². The van der Waals surface area contributed by atoms with Crippen molar-refractivity contribution in [2.75, 3.05) is 6.54 Å². The number of rotatable bonds is 5. The Labute approximate surface area is 105 Å². The van der Waals surface area contributed by atoms with Crippen molar-refractivity contribution in [2.45, 2.75) is 39.7 Å². The van der Waals surface area contributed by atoms with Gasteiger partial charge in [-0.05, 0) is 24.3 Å². The molecule has 0 amide bonds. The van der Waals surface area contributed by atoms with Crippen LogP contribution in [0.3, 0.4) is 0 Å². The van der Waals surface area contributed by atoms with E-state index in [1.54, 1.807) is 0 Å². The average molecular weight is 235 g/mol. The van der Waals surface area contributed by atoms with E-state index in [4.69, 9.17) is 5.73 Å². The number of hydrogen-bond donors (Lipinski definition) is 2. The molecule has 0 saturated carbocycles. The first-order chi connectivity index (χ1) is 7.97. The van der Waals surface area contributed by atoms with E-state index >= 15 is 0 Å². The Morgan fingerprint density at radius 3 is 2.06 bits per heavy atom. The monoisotopic (exact) mass is 235 g/mol. The highest BCUT2D eigenvalue weighted by Gasteiger charge is 2.26. The SMILES string of the molecule is Cc1ccc(C(CN)C(O)C(C)C(C)C)cc1. The predicted molar refractivity (Wildman–Crippen MR) is 73.0 cm³/mol. The second-order valence-electron chi connectivity index (χ2n) is 5.35. The highest BCUT2D eigenvalue weighted by molar-refractivity contribution is 5.25. The van der Waals surface area contributed by atoms with E-state index in [2.05, 4.69) is 52.0 Å². The third kappa shape index (κ3) is 3.55. The molecule has 2 heteroatoms. The fraction of sp³-hybridized carbons (Fsp3) is 0.600. The summed E-state index contributed by atoms with van der Waals surface area (Å²) in [5.74, 6) is 0.752. The Kier molecular flexibility index (Phi) is 5.16. The smallest absolute Gasteiger partial charge is 0.0648 e. The van der Waals surface area contributed by atoms with Crippen LogP contribution in [-0.2, 0) is 0 Å². The molecular formula is C15H25NO. The lowest BCUT2D eigenvalue weighted by molar-refractivity contribution is 0.0684. The van der Waals surface area contributed by atoms with Crippen molar-refractivity contribution in [2.24, 2.45) is 17.6 Å². The normalized spacial score (nSPS) is 16.9. The number of nitrogens with two attached hydrogens (primary N) is 1. The van der Waals surface area contributed by atoms with Crippen molar-refractivity contribution < 1.29 is 5.11 Å². The summed E-state index contributed by atoms with van der Waals surface area (Å²) in [7, 11) is 0. The molecule has 0 fully saturated rings. The standard InChI is InChI=1S/C15H25NO/c1-10(2)12(4)15(17)14(9-16)13-7-5-11(3)6-8-13/h5-8,10,12,14-15,17H,9,16H2,1-4H3. The van der Waals surface area contributed by atoms with E-state index in [0.717, 1.165) is 5.56 Å². The van der Waals surface area contributed by atoms with Crippen LogP contribution in [0.5, 0.6) is 0 Å². The molecule has 0 aliphatic rings. The van der Waals surface area contributed by atoms with Crippen LogP contribution in [0.2, 0.25) is 0 Å². The van der Waals surface area contributed by atoms with Gasteiger partial charge in [0.05, 0.1) is 6.10 Å². The first-order valence-electron chi connectivity index (χ1n) is 6.42. The van der Waals surface area contributed by atoms with Gasteiger partial charge in [-0.15, -0.1) is 0 Å². The molecule has 3 N–H and O–H groups in total. The van der Waals surface area contributed by atoms with Crippen LogP contribution in [0.25, 0.3) is 0 Å².